The second kappa shape index (κ2) is 7.12. The van der Waals surface area contributed by atoms with Crippen LogP contribution in [0.15, 0.2) is 41.1 Å². The third-order valence-corrected chi connectivity index (χ3v) is 3.68. The number of carbonyl (C=O) groups is 1. The lowest BCUT2D eigenvalue weighted by Gasteiger charge is -2.11. The maximum atomic E-state index is 11.9. The van der Waals surface area contributed by atoms with Gasteiger partial charge in [-0.05, 0) is 18.9 Å². The lowest BCUT2D eigenvalue weighted by Crippen LogP contribution is -2.19. The normalized spacial score (nSPS) is 10.8. The van der Waals surface area contributed by atoms with E-state index in [1.165, 1.54) is 0 Å². The van der Waals surface area contributed by atoms with E-state index in [4.69, 9.17) is 4.52 Å². The van der Waals surface area contributed by atoms with E-state index in [2.05, 4.69) is 10.5 Å². The van der Waals surface area contributed by atoms with Crippen molar-refractivity contribution in [1.82, 2.24) is 9.46 Å². The zero-order valence-electron chi connectivity index (χ0n) is 11.5. The molecule has 0 atom stereocenters. The van der Waals surface area contributed by atoms with Gasteiger partial charge in [0.05, 0.1) is 11.8 Å². The third-order valence-electron chi connectivity index (χ3n) is 2.87. The zero-order chi connectivity index (χ0) is 14.4. The Hall–Kier alpha value is -1.79. The van der Waals surface area contributed by atoms with Crippen LogP contribution in [0.3, 0.4) is 0 Å². The number of hydrogen-bond acceptors (Lipinski definition) is 5. The SMILES string of the molecule is CSN(C)CCC(=O)Nc1oncc1-c1ccccc1. The Morgan fingerprint density at radius 3 is 2.85 bits per heavy atom. The van der Waals surface area contributed by atoms with Gasteiger partial charge in [0.2, 0.25) is 11.8 Å². The number of aromatic nitrogens is 1. The molecule has 0 spiro atoms. The number of anilines is 1. The van der Waals surface area contributed by atoms with E-state index < -0.39 is 0 Å². The molecule has 0 saturated heterocycles. The number of nitrogens with zero attached hydrogens (tertiary/aromatic N) is 2. The van der Waals surface area contributed by atoms with Gasteiger partial charge in [-0.1, -0.05) is 47.4 Å². The van der Waals surface area contributed by atoms with Crippen molar-refractivity contribution >= 4 is 23.7 Å². The van der Waals surface area contributed by atoms with E-state index in [0.717, 1.165) is 11.1 Å². The topological polar surface area (TPSA) is 58.4 Å². The standard InChI is InChI=1S/C14H17N3O2S/c1-17(20-2)9-8-13(18)16-14-12(10-15-19-14)11-6-4-3-5-7-11/h3-7,10H,8-9H2,1-2H3,(H,16,18). The van der Waals surface area contributed by atoms with Crippen molar-refractivity contribution in [3.8, 4) is 11.1 Å². The van der Waals surface area contributed by atoms with Crippen LogP contribution in [0, 0.1) is 0 Å². The van der Waals surface area contributed by atoms with Crippen molar-refractivity contribution in [3.63, 3.8) is 0 Å². The molecule has 0 radical (unpaired) electrons. The lowest BCUT2D eigenvalue weighted by atomic mass is 10.1. The summed E-state index contributed by atoms with van der Waals surface area (Å²) < 4.78 is 7.12. The van der Waals surface area contributed by atoms with Crippen LogP contribution in [0.5, 0.6) is 0 Å². The van der Waals surface area contributed by atoms with Crippen LogP contribution in [0.25, 0.3) is 11.1 Å². The van der Waals surface area contributed by atoms with Gasteiger partial charge in [0.25, 0.3) is 0 Å². The first-order valence-corrected chi connectivity index (χ1v) is 7.44. The van der Waals surface area contributed by atoms with Crippen molar-refractivity contribution in [2.45, 2.75) is 6.42 Å². The highest BCUT2D eigenvalue weighted by atomic mass is 32.2. The average Bonchev–Trinajstić information content (AvgIpc) is 2.93. The van der Waals surface area contributed by atoms with Gasteiger partial charge in [-0.3, -0.25) is 14.4 Å². The van der Waals surface area contributed by atoms with Gasteiger partial charge >= 0.3 is 0 Å². The Balaban J connectivity index is 2.01. The molecular weight excluding hydrogens is 274 g/mol. The van der Waals surface area contributed by atoms with Crippen molar-refractivity contribution in [2.24, 2.45) is 0 Å². The molecule has 0 fully saturated rings. The van der Waals surface area contributed by atoms with Gasteiger partial charge in [-0.15, -0.1) is 0 Å². The van der Waals surface area contributed by atoms with E-state index >= 15 is 0 Å². The summed E-state index contributed by atoms with van der Waals surface area (Å²) >= 11 is 1.59. The van der Waals surface area contributed by atoms with Crippen molar-refractivity contribution in [1.29, 1.82) is 0 Å². The molecule has 1 N–H and O–H groups in total. The fraction of sp³-hybridized carbons (Fsp3) is 0.286. The summed E-state index contributed by atoms with van der Waals surface area (Å²) in [6.07, 6.45) is 3.99. The monoisotopic (exact) mass is 291 g/mol. The highest BCUT2D eigenvalue weighted by molar-refractivity contribution is 7.96. The van der Waals surface area contributed by atoms with Gasteiger partial charge < -0.3 is 4.52 Å². The summed E-state index contributed by atoms with van der Waals surface area (Å²) in [7, 11) is 1.95. The summed E-state index contributed by atoms with van der Waals surface area (Å²) in [6, 6.07) is 9.70. The largest absolute Gasteiger partial charge is 0.338 e. The molecule has 1 amide bonds. The highest BCUT2D eigenvalue weighted by Gasteiger charge is 2.13. The number of carbonyl (C=O) groups excluding carboxylic acids is 1. The number of rotatable bonds is 6. The van der Waals surface area contributed by atoms with Crippen LogP contribution in [0.2, 0.25) is 0 Å². The molecule has 0 unspecified atom stereocenters. The molecule has 20 heavy (non-hydrogen) atoms. The minimum Gasteiger partial charge on any atom is -0.338 e. The molecule has 1 aromatic heterocycles. The molecule has 2 aromatic rings. The molecule has 0 saturated carbocycles. The van der Waals surface area contributed by atoms with Crippen LogP contribution < -0.4 is 5.32 Å². The number of nitrogens with one attached hydrogen (secondary N) is 1. The van der Waals surface area contributed by atoms with Crippen LogP contribution in [-0.2, 0) is 4.79 Å². The van der Waals surface area contributed by atoms with Gasteiger partial charge in [0, 0.05) is 13.0 Å². The van der Waals surface area contributed by atoms with Gasteiger partial charge in [0.1, 0.15) is 0 Å². The summed E-state index contributed by atoms with van der Waals surface area (Å²) in [5.74, 6) is 0.313. The van der Waals surface area contributed by atoms with Crippen LogP contribution in [0.1, 0.15) is 6.42 Å². The fourth-order valence-electron chi connectivity index (χ4n) is 1.69. The second-order valence-corrected chi connectivity index (χ2v) is 5.26. The van der Waals surface area contributed by atoms with Crippen molar-refractivity contribution < 1.29 is 9.32 Å². The van der Waals surface area contributed by atoms with E-state index in [9.17, 15) is 4.79 Å². The molecule has 0 aliphatic carbocycles. The Labute approximate surface area is 122 Å². The summed E-state index contributed by atoms with van der Waals surface area (Å²) in [4.78, 5) is 11.9. The summed E-state index contributed by atoms with van der Waals surface area (Å²) in [5, 5.41) is 6.52. The maximum absolute atomic E-state index is 11.9. The van der Waals surface area contributed by atoms with Gasteiger partial charge in [-0.2, -0.15) is 0 Å². The lowest BCUT2D eigenvalue weighted by molar-refractivity contribution is -0.116. The van der Waals surface area contributed by atoms with Gasteiger partial charge in [0.15, 0.2) is 0 Å². The molecular formula is C14H17N3O2S. The average molecular weight is 291 g/mol. The fourth-order valence-corrected chi connectivity index (χ4v) is 1.97. The molecule has 1 heterocycles. The Kier molecular flexibility index (Phi) is 5.20. The predicted octanol–water partition coefficient (Wildman–Crippen LogP) is 2.88. The molecule has 0 aliphatic rings. The van der Waals surface area contributed by atoms with Crippen LogP contribution >= 0.6 is 11.9 Å². The van der Waals surface area contributed by atoms with E-state index in [1.54, 1.807) is 18.1 Å². The van der Waals surface area contributed by atoms with Crippen molar-refractivity contribution in [3.05, 3.63) is 36.5 Å². The Morgan fingerprint density at radius 2 is 2.15 bits per heavy atom. The first kappa shape index (κ1) is 14.6. The number of benzene rings is 1. The summed E-state index contributed by atoms with van der Waals surface area (Å²) in [6.45, 7) is 0.682. The Bertz CT molecular complexity index is 557. The first-order valence-electron chi connectivity index (χ1n) is 6.26. The quantitative estimate of drug-likeness (QED) is 0.829. The van der Waals surface area contributed by atoms with E-state index in [-0.39, 0.29) is 5.91 Å². The minimum absolute atomic E-state index is 0.0835. The van der Waals surface area contributed by atoms with Crippen LogP contribution in [0.4, 0.5) is 5.88 Å². The molecule has 0 aliphatic heterocycles. The Morgan fingerprint density at radius 1 is 1.40 bits per heavy atom. The van der Waals surface area contributed by atoms with Gasteiger partial charge in [-0.25, -0.2) is 0 Å². The molecule has 1 aromatic carbocycles. The molecule has 6 heteroatoms. The predicted molar refractivity (Wildman–Crippen MR) is 81.3 cm³/mol. The van der Waals surface area contributed by atoms with E-state index in [1.807, 2.05) is 47.9 Å². The molecule has 0 bridgehead atoms. The molecule has 2 rings (SSSR count). The van der Waals surface area contributed by atoms with Crippen LogP contribution in [-0.4, -0.2) is 35.2 Å². The zero-order valence-corrected chi connectivity index (χ0v) is 12.3. The van der Waals surface area contributed by atoms with Crippen molar-refractivity contribution in [2.75, 3.05) is 25.2 Å². The molecule has 5 nitrogen and oxygen atoms in total. The second-order valence-electron chi connectivity index (χ2n) is 4.27. The first-order chi connectivity index (χ1) is 9.70. The number of amides is 1. The third kappa shape index (κ3) is 3.85. The number of hydrogen-bond donors (Lipinski definition) is 1. The van der Waals surface area contributed by atoms with E-state index in [0.29, 0.717) is 18.8 Å². The maximum Gasteiger partial charge on any atom is 0.239 e. The summed E-state index contributed by atoms with van der Waals surface area (Å²) in [5.41, 5.74) is 1.75. The molecule has 106 valence electrons. The smallest absolute Gasteiger partial charge is 0.239 e. The highest BCUT2D eigenvalue weighted by Crippen LogP contribution is 2.27. The minimum atomic E-state index is -0.0835.